The fourth-order valence-corrected chi connectivity index (χ4v) is 4.79. The van der Waals surface area contributed by atoms with Crippen LogP contribution in [0.3, 0.4) is 0 Å². The van der Waals surface area contributed by atoms with Crippen molar-refractivity contribution in [3.8, 4) is 0 Å². The Labute approximate surface area is 159 Å². The van der Waals surface area contributed by atoms with Gasteiger partial charge in [-0.2, -0.15) is 0 Å². The molecule has 0 aliphatic heterocycles. The quantitative estimate of drug-likeness (QED) is 0.409. The molecule has 0 spiro atoms. The third-order valence-electron chi connectivity index (χ3n) is 4.83. The van der Waals surface area contributed by atoms with E-state index in [2.05, 4.69) is 10.3 Å². The number of fused-ring (bicyclic) bond motifs is 2. The number of rotatable bonds is 4. The average molecular weight is 382 g/mol. The van der Waals surface area contributed by atoms with Crippen molar-refractivity contribution in [3.05, 3.63) is 52.0 Å². The van der Waals surface area contributed by atoms with Gasteiger partial charge < -0.3 is 15.0 Å². The first-order valence-corrected chi connectivity index (χ1v) is 9.56. The molecule has 0 saturated carbocycles. The molecule has 27 heavy (non-hydrogen) atoms. The minimum absolute atomic E-state index is 0.309. The summed E-state index contributed by atoms with van der Waals surface area (Å²) in [5.74, 6) is -1.89. The van der Waals surface area contributed by atoms with Crippen molar-refractivity contribution in [2.75, 3.05) is 12.4 Å². The summed E-state index contributed by atoms with van der Waals surface area (Å²) in [5.41, 5.74) is 2.42. The molecule has 7 heteroatoms. The summed E-state index contributed by atoms with van der Waals surface area (Å²) < 4.78 is 4.90. The molecule has 1 aliphatic rings. The van der Waals surface area contributed by atoms with Gasteiger partial charge in [-0.15, -0.1) is 11.3 Å². The molecule has 0 bridgehead atoms. The van der Waals surface area contributed by atoms with Crippen molar-refractivity contribution < 1.29 is 19.1 Å². The number of H-pyrrole nitrogens is 1. The van der Waals surface area contributed by atoms with Gasteiger partial charge in [0.25, 0.3) is 11.7 Å². The van der Waals surface area contributed by atoms with Crippen LogP contribution in [0.25, 0.3) is 10.9 Å². The molecule has 0 fully saturated rings. The van der Waals surface area contributed by atoms with E-state index in [-0.39, 0.29) is 0 Å². The number of hydrogen-bond acceptors (Lipinski definition) is 5. The van der Waals surface area contributed by atoms with Gasteiger partial charge in [0.15, 0.2) is 0 Å². The number of ether oxygens (including phenoxy) is 1. The predicted octanol–water partition coefficient (Wildman–Crippen LogP) is 3.72. The fraction of sp³-hybridized carbons (Fsp3) is 0.250. The number of nitrogens with one attached hydrogen (secondary N) is 2. The molecule has 1 amide bonds. The van der Waals surface area contributed by atoms with Gasteiger partial charge in [-0.1, -0.05) is 18.2 Å². The van der Waals surface area contributed by atoms with Crippen LogP contribution in [0.2, 0.25) is 0 Å². The number of para-hydroxylation sites is 1. The molecule has 6 nitrogen and oxygen atoms in total. The summed E-state index contributed by atoms with van der Waals surface area (Å²) in [6.07, 6.45) is 5.23. The lowest BCUT2D eigenvalue weighted by molar-refractivity contribution is -0.112. The SMILES string of the molecule is COC(=O)c1c(NC(=O)C(=O)c2c[nH]c3ccccc23)sc2c1CCCC2. The lowest BCUT2D eigenvalue weighted by atomic mass is 9.95. The van der Waals surface area contributed by atoms with Gasteiger partial charge in [-0.05, 0) is 37.3 Å². The number of carbonyl (C=O) groups is 3. The monoisotopic (exact) mass is 382 g/mol. The second-order valence-corrected chi connectivity index (χ2v) is 7.54. The normalized spacial score (nSPS) is 13.2. The zero-order valence-electron chi connectivity index (χ0n) is 14.8. The first-order valence-electron chi connectivity index (χ1n) is 8.74. The molecule has 2 aromatic heterocycles. The maximum Gasteiger partial charge on any atom is 0.341 e. The van der Waals surface area contributed by atoms with Crippen molar-refractivity contribution in [2.24, 2.45) is 0 Å². The van der Waals surface area contributed by atoms with E-state index in [0.29, 0.717) is 21.5 Å². The van der Waals surface area contributed by atoms with Gasteiger partial charge >= 0.3 is 5.97 Å². The molecule has 2 heterocycles. The van der Waals surface area contributed by atoms with Gasteiger partial charge in [0.05, 0.1) is 18.2 Å². The maximum absolute atomic E-state index is 12.7. The van der Waals surface area contributed by atoms with Crippen molar-refractivity contribution >= 4 is 44.9 Å². The number of esters is 1. The highest BCUT2D eigenvalue weighted by Crippen LogP contribution is 2.38. The van der Waals surface area contributed by atoms with Gasteiger partial charge in [0.1, 0.15) is 5.00 Å². The molecule has 3 aromatic rings. The first-order chi connectivity index (χ1) is 13.1. The van der Waals surface area contributed by atoms with Crippen molar-refractivity contribution in [1.29, 1.82) is 0 Å². The van der Waals surface area contributed by atoms with Crippen LogP contribution in [-0.4, -0.2) is 29.8 Å². The van der Waals surface area contributed by atoms with Crippen LogP contribution in [0.1, 0.15) is 44.0 Å². The Bertz CT molecular complexity index is 1060. The van der Waals surface area contributed by atoms with Crippen molar-refractivity contribution in [3.63, 3.8) is 0 Å². The van der Waals surface area contributed by atoms with Crippen LogP contribution < -0.4 is 5.32 Å². The number of aromatic amines is 1. The Morgan fingerprint density at radius 2 is 1.93 bits per heavy atom. The van der Waals surface area contributed by atoms with Crippen LogP contribution in [-0.2, 0) is 22.4 Å². The molecule has 0 saturated heterocycles. The molecule has 1 aliphatic carbocycles. The van der Waals surface area contributed by atoms with Crippen LogP contribution in [0.5, 0.6) is 0 Å². The minimum atomic E-state index is -0.761. The maximum atomic E-state index is 12.7. The number of hydrogen-bond donors (Lipinski definition) is 2. The lowest BCUT2D eigenvalue weighted by Gasteiger charge is -2.11. The highest BCUT2D eigenvalue weighted by Gasteiger charge is 2.29. The number of methoxy groups -OCH3 is 1. The summed E-state index contributed by atoms with van der Waals surface area (Å²) in [6, 6.07) is 7.29. The van der Waals surface area contributed by atoms with E-state index >= 15 is 0 Å². The standard InChI is InChI=1S/C20H18N2O4S/c1-26-20(25)16-12-7-3-5-9-15(12)27-19(16)22-18(24)17(23)13-10-21-14-8-4-2-6-11(13)14/h2,4,6,8,10,21H,3,5,7,9H2,1H3,(H,22,24). The van der Waals surface area contributed by atoms with Gasteiger partial charge in [-0.3, -0.25) is 9.59 Å². The highest BCUT2D eigenvalue weighted by atomic mass is 32.1. The smallest absolute Gasteiger partial charge is 0.341 e. The number of ketones is 1. The first kappa shape index (κ1) is 17.5. The van der Waals surface area contributed by atoms with Crippen molar-refractivity contribution in [1.82, 2.24) is 4.98 Å². The molecular weight excluding hydrogens is 364 g/mol. The van der Waals surface area contributed by atoms with E-state index in [1.165, 1.54) is 24.6 Å². The summed E-state index contributed by atoms with van der Waals surface area (Å²) in [6.45, 7) is 0. The second-order valence-electron chi connectivity index (χ2n) is 6.44. The summed E-state index contributed by atoms with van der Waals surface area (Å²) in [7, 11) is 1.32. The average Bonchev–Trinajstić information content (AvgIpc) is 3.28. The van der Waals surface area contributed by atoms with E-state index < -0.39 is 17.7 Å². The molecule has 0 radical (unpaired) electrons. The number of amides is 1. The van der Waals surface area contributed by atoms with E-state index in [9.17, 15) is 14.4 Å². The van der Waals surface area contributed by atoms with Gasteiger partial charge in [-0.25, -0.2) is 4.79 Å². The number of benzene rings is 1. The lowest BCUT2D eigenvalue weighted by Crippen LogP contribution is -2.23. The Kier molecular flexibility index (Phi) is 4.53. The summed E-state index contributed by atoms with van der Waals surface area (Å²) >= 11 is 1.36. The highest BCUT2D eigenvalue weighted by molar-refractivity contribution is 7.17. The number of thiophene rings is 1. The van der Waals surface area contributed by atoms with E-state index in [0.717, 1.165) is 41.6 Å². The van der Waals surface area contributed by atoms with E-state index in [1.54, 1.807) is 6.07 Å². The molecule has 2 N–H and O–H groups in total. The van der Waals surface area contributed by atoms with Gasteiger partial charge in [0.2, 0.25) is 0 Å². The van der Waals surface area contributed by atoms with E-state index in [4.69, 9.17) is 4.74 Å². The second kappa shape index (κ2) is 7.00. The number of aromatic nitrogens is 1. The Morgan fingerprint density at radius 1 is 1.15 bits per heavy atom. The van der Waals surface area contributed by atoms with Crippen LogP contribution in [0, 0.1) is 0 Å². The Morgan fingerprint density at radius 3 is 2.74 bits per heavy atom. The van der Waals surface area contributed by atoms with Crippen molar-refractivity contribution in [2.45, 2.75) is 25.7 Å². The minimum Gasteiger partial charge on any atom is -0.465 e. The predicted molar refractivity (Wildman–Crippen MR) is 104 cm³/mol. The van der Waals surface area contributed by atoms with Crippen LogP contribution >= 0.6 is 11.3 Å². The molecular formula is C20H18N2O4S. The third-order valence-corrected chi connectivity index (χ3v) is 6.04. The van der Waals surface area contributed by atoms with E-state index in [1.807, 2.05) is 18.2 Å². The summed E-state index contributed by atoms with van der Waals surface area (Å²) in [4.78, 5) is 41.6. The topological polar surface area (TPSA) is 88.3 Å². The number of Topliss-reactive ketones (excluding diaryl/α,β-unsaturated/α-hetero) is 1. The Hall–Kier alpha value is -2.93. The molecule has 0 atom stereocenters. The summed E-state index contributed by atoms with van der Waals surface area (Å²) in [5, 5.41) is 3.74. The van der Waals surface area contributed by atoms with Crippen LogP contribution in [0.4, 0.5) is 5.00 Å². The zero-order valence-corrected chi connectivity index (χ0v) is 15.6. The largest absolute Gasteiger partial charge is 0.465 e. The fourth-order valence-electron chi connectivity index (χ4n) is 3.51. The van der Waals surface area contributed by atoms with Gasteiger partial charge in [0, 0.05) is 22.0 Å². The molecule has 1 aromatic carbocycles. The molecule has 4 rings (SSSR count). The Balaban J connectivity index is 1.66. The number of anilines is 1. The zero-order chi connectivity index (χ0) is 19.0. The number of aryl methyl sites for hydroxylation is 1. The number of carbonyl (C=O) groups excluding carboxylic acids is 3. The molecule has 0 unspecified atom stereocenters. The molecule has 138 valence electrons. The van der Waals surface area contributed by atoms with Crippen LogP contribution in [0.15, 0.2) is 30.5 Å². The third kappa shape index (κ3) is 3.04.